The molecule has 0 aromatic heterocycles. The van der Waals surface area contributed by atoms with E-state index in [-0.39, 0.29) is 12.3 Å². The SMILES string of the molecule is COCCOCCC(=O)Nc1c(N)cc(Cl)cc1Cl. The molecule has 5 nitrogen and oxygen atoms in total. The Balaban J connectivity index is 2.44. The van der Waals surface area contributed by atoms with Gasteiger partial charge in [0.05, 0.1) is 42.6 Å². The van der Waals surface area contributed by atoms with Gasteiger partial charge in [-0.1, -0.05) is 23.2 Å². The third-order valence-corrected chi connectivity index (χ3v) is 2.77. The van der Waals surface area contributed by atoms with Crippen molar-refractivity contribution < 1.29 is 14.3 Å². The Labute approximate surface area is 122 Å². The van der Waals surface area contributed by atoms with Gasteiger partial charge < -0.3 is 20.5 Å². The number of anilines is 2. The summed E-state index contributed by atoms with van der Waals surface area (Å²) in [6, 6.07) is 3.04. The molecule has 0 unspecified atom stereocenters. The Hall–Kier alpha value is -1.01. The number of nitrogen functional groups attached to an aromatic ring is 1. The van der Waals surface area contributed by atoms with Crippen LogP contribution in [0.4, 0.5) is 11.4 Å². The maximum Gasteiger partial charge on any atom is 0.226 e. The molecule has 0 heterocycles. The van der Waals surface area contributed by atoms with Crippen molar-refractivity contribution in [3.8, 4) is 0 Å². The Kier molecular flexibility index (Phi) is 6.94. The van der Waals surface area contributed by atoms with Crippen LogP contribution in [0.5, 0.6) is 0 Å². The van der Waals surface area contributed by atoms with Gasteiger partial charge in [-0.2, -0.15) is 0 Å². The second-order valence-electron chi connectivity index (χ2n) is 3.76. The van der Waals surface area contributed by atoms with Crippen LogP contribution in [0.2, 0.25) is 10.0 Å². The summed E-state index contributed by atoms with van der Waals surface area (Å²) in [6.07, 6.45) is 0.210. The summed E-state index contributed by atoms with van der Waals surface area (Å²) in [5, 5.41) is 3.35. The minimum absolute atomic E-state index is 0.210. The van der Waals surface area contributed by atoms with Crippen molar-refractivity contribution in [3.63, 3.8) is 0 Å². The lowest BCUT2D eigenvalue weighted by Crippen LogP contribution is -2.16. The number of carbonyl (C=O) groups is 1. The molecule has 0 aliphatic heterocycles. The molecule has 19 heavy (non-hydrogen) atoms. The summed E-state index contributed by atoms with van der Waals surface area (Å²) >= 11 is 11.7. The van der Waals surface area contributed by atoms with Crippen molar-refractivity contribution in [1.29, 1.82) is 0 Å². The molecule has 0 radical (unpaired) electrons. The van der Waals surface area contributed by atoms with Gasteiger partial charge in [0.15, 0.2) is 0 Å². The second kappa shape index (κ2) is 8.22. The lowest BCUT2D eigenvalue weighted by atomic mass is 10.2. The zero-order valence-electron chi connectivity index (χ0n) is 10.5. The van der Waals surface area contributed by atoms with Crippen molar-refractivity contribution in [2.75, 3.05) is 38.0 Å². The molecule has 1 amide bonds. The summed E-state index contributed by atoms with van der Waals surface area (Å²) in [6.45, 7) is 1.26. The van der Waals surface area contributed by atoms with Gasteiger partial charge in [0, 0.05) is 12.1 Å². The van der Waals surface area contributed by atoms with Gasteiger partial charge in [0.2, 0.25) is 5.91 Å². The number of rotatable bonds is 7. The van der Waals surface area contributed by atoms with Crippen LogP contribution < -0.4 is 11.1 Å². The van der Waals surface area contributed by atoms with E-state index in [1.165, 1.54) is 12.1 Å². The van der Waals surface area contributed by atoms with Crippen molar-refractivity contribution in [2.24, 2.45) is 0 Å². The number of hydrogen-bond donors (Lipinski definition) is 2. The van der Waals surface area contributed by atoms with E-state index in [2.05, 4.69) is 5.32 Å². The Bertz CT molecular complexity index is 418. The maximum absolute atomic E-state index is 11.7. The standard InChI is InChI=1S/C12H16Cl2N2O3/c1-18-4-5-19-3-2-11(17)16-12-9(14)6-8(13)7-10(12)15/h6-7H,2-5,15H2,1H3,(H,16,17). The molecule has 0 spiro atoms. The normalized spacial score (nSPS) is 10.5. The fraction of sp³-hybridized carbons (Fsp3) is 0.417. The maximum atomic E-state index is 11.7. The Morgan fingerprint density at radius 2 is 2.05 bits per heavy atom. The summed E-state index contributed by atoms with van der Waals surface area (Å²) in [4.78, 5) is 11.7. The highest BCUT2D eigenvalue weighted by Gasteiger charge is 2.10. The minimum Gasteiger partial charge on any atom is -0.397 e. The van der Waals surface area contributed by atoms with Gasteiger partial charge in [-0.25, -0.2) is 0 Å². The largest absolute Gasteiger partial charge is 0.397 e. The minimum atomic E-state index is -0.228. The molecule has 1 aromatic rings. The zero-order chi connectivity index (χ0) is 14.3. The number of ether oxygens (including phenoxy) is 2. The first-order valence-electron chi connectivity index (χ1n) is 5.65. The number of methoxy groups -OCH3 is 1. The van der Waals surface area contributed by atoms with Gasteiger partial charge in [0.1, 0.15) is 0 Å². The van der Waals surface area contributed by atoms with Crippen LogP contribution >= 0.6 is 23.2 Å². The smallest absolute Gasteiger partial charge is 0.226 e. The average Bonchev–Trinajstić information content (AvgIpc) is 2.33. The summed E-state index contributed by atoms with van der Waals surface area (Å²) in [5.74, 6) is -0.228. The predicted molar refractivity (Wildman–Crippen MR) is 76.8 cm³/mol. The number of nitrogens with two attached hydrogens (primary N) is 1. The number of nitrogens with one attached hydrogen (secondary N) is 1. The lowest BCUT2D eigenvalue weighted by molar-refractivity contribution is -0.117. The van der Waals surface area contributed by atoms with E-state index < -0.39 is 0 Å². The molecule has 7 heteroatoms. The van der Waals surface area contributed by atoms with E-state index in [1.807, 2.05) is 0 Å². The highest BCUT2D eigenvalue weighted by atomic mass is 35.5. The van der Waals surface area contributed by atoms with Gasteiger partial charge in [0.25, 0.3) is 0 Å². The number of benzene rings is 1. The Morgan fingerprint density at radius 1 is 1.32 bits per heavy atom. The number of hydrogen-bond acceptors (Lipinski definition) is 4. The monoisotopic (exact) mass is 306 g/mol. The zero-order valence-corrected chi connectivity index (χ0v) is 12.1. The van der Waals surface area contributed by atoms with Crippen molar-refractivity contribution >= 4 is 40.5 Å². The number of amides is 1. The van der Waals surface area contributed by atoms with Gasteiger partial charge in [-0.05, 0) is 12.1 Å². The molecule has 1 aromatic carbocycles. The van der Waals surface area contributed by atoms with Crippen LogP contribution in [0.3, 0.4) is 0 Å². The molecule has 0 bridgehead atoms. The molecule has 0 atom stereocenters. The summed E-state index contributed by atoms with van der Waals surface area (Å²) in [7, 11) is 1.58. The quantitative estimate of drug-likeness (QED) is 0.600. The second-order valence-corrected chi connectivity index (χ2v) is 4.60. The van der Waals surface area contributed by atoms with Crippen LogP contribution in [-0.4, -0.2) is 32.8 Å². The molecule has 0 fully saturated rings. The third-order valence-electron chi connectivity index (χ3n) is 2.26. The number of carbonyl (C=O) groups excluding carboxylic acids is 1. The van der Waals surface area contributed by atoms with E-state index in [0.29, 0.717) is 41.2 Å². The van der Waals surface area contributed by atoms with Crippen LogP contribution in [0.15, 0.2) is 12.1 Å². The van der Waals surface area contributed by atoms with Gasteiger partial charge >= 0.3 is 0 Å². The molecule has 0 aliphatic carbocycles. The first-order chi connectivity index (χ1) is 9.04. The summed E-state index contributed by atoms with van der Waals surface area (Å²) < 4.78 is 10.0. The van der Waals surface area contributed by atoms with E-state index in [4.69, 9.17) is 38.4 Å². The van der Waals surface area contributed by atoms with Crippen molar-refractivity contribution in [2.45, 2.75) is 6.42 Å². The first kappa shape index (κ1) is 16.0. The average molecular weight is 307 g/mol. The van der Waals surface area contributed by atoms with E-state index in [0.717, 1.165) is 0 Å². The van der Waals surface area contributed by atoms with E-state index >= 15 is 0 Å². The highest BCUT2D eigenvalue weighted by Crippen LogP contribution is 2.31. The molecule has 0 aliphatic rings. The molecule has 3 N–H and O–H groups in total. The molecule has 1 rings (SSSR count). The number of halogens is 2. The topological polar surface area (TPSA) is 73.6 Å². The third kappa shape index (κ3) is 5.65. The van der Waals surface area contributed by atoms with Crippen molar-refractivity contribution in [3.05, 3.63) is 22.2 Å². The van der Waals surface area contributed by atoms with Crippen LogP contribution in [0.1, 0.15) is 6.42 Å². The highest BCUT2D eigenvalue weighted by molar-refractivity contribution is 6.37. The molecule has 0 saturated heterocycles. The fourth-order valence-electron chi connectivity index (χ4n) is 1.34. The van der Waals surface area contributed by atoms with E-state index in [9.17, 15) is 4.79 Å². The van der Waals surface area contributed by atoms with Crippen LogP contribution in [-0.2, 0) is 14.3 Å². The van der Waals surface area contributed by atoms with Crippen LogP contribution in [0, 0.1) is 0 Å². The fourth-order valence-corrected chi connectivity index (χ4v) is 1.89. The predicted octanol–water partition coefficient (Wildman–Crippen LogP) is 2.57. The molecule has 106 valence electrons. The van der Waals surface area contributed by atoms with Crippen LogP contribution in [0.25, 0.3) is 0 Å². The lowest BCUT2D eigenvalue weighted by Gasteiger charge is -2.10. The Morgan fingerprint density at radius 3 is 2.68 bits per heavy atom. The molecule has 0 saturated carbocycles. The van der Waals surface area contributed by atoms with Gasteiger partial charge in [-0.3, -0.25) is 4.79 Å². The summed E-state index contributed by atoms with van der Waals surface area (Å²) in [5.41, 5.74) is 6.43. The molecular formula is C12H16Cl2N2O3. The van der Waals surface area contributed by atoms with Crippen molar-refractivity contribution in [1.82, 2.24) is 0 Å². The van der Waals surface area contributed by atoms with E-state index in [1.54, 1.807) is 7.11 Å². The first-order valence-corrected chi connectivity index (χ1v) is 6.41. The molecular weight excluding hydrogens is 291 g/mol. The van der Waals surface area contributed by atoms with Gasteiger partial charge in [-0.15, -0.1) is 0 Å².